The molecule has 0 bridgehead atoms. The van der Waals surface area contributed by atoms with Crippen LogP contribution in [0.15, 0.2) is 34.0 Å². The Hall–Kier alpha value is -1.59. The third-order valence-corrected chi connectivity index (χ3v) is 5.20. The largest absolute Gasteiger partial charge is 0.506 e. The summed E-state index contributed by atoms with van der Waals surface area (Å²) in [4.78, 5) is 8.88. The molecule has 0 fully saturated rings. The fraction of sp³-hybridized carbons (Fsp3) is 0.200. The molecule has 0 amide bonds. The van der Waals surface area contributed by atoms with E-state index >= 15 is 0 Å². The summed E-state index contributed by atoms with van der Waals surface area (Å²) in [6.07, 6.45) is 0. The maximum absolute atomic E-state index is 9.93. The Bertz CT molecular complexity index is 768. The Morgan fingerprint density at radius 1 is 1.10 bits per heavy atom. The molecule has 0 radical (unpaired) electrons. The summed E-state index contributed by atoms with van der Waals surface area (Å²) < 4.78 is 1.07. The second-order valence-corrected chi connectivity index (χ2v) is 6.72. The van der Waals surface area contributed by atoms with E-state index in [1.807, 2.05) is 32.0 Å². The van der Waals surface area contributed by atoms with Crippen LogP contribution in [0.1, 0.15) is 17.0 Å². The van der Waals surface area contributed by atoms with Crippen molar-refractivity contribution in [1.82, 2.24) is 9.97 Å². The molecule has 0 saturated carbocycles. The van der Waals surface area contributed by atoms with Gasteiger partial charge in [0.1, 0.15) is 15.6 Å². The van der Waals surface area contributed by atoms with Crippen molar-refractivity contribution >= 4 is 34.0 Å². The SMILES string of the molecule is Cc1csc(SCc2ccc(O)c3nc(C)ccc23)n1. The highest BCUT2D eigenvalue weighted by molar-refractivity contribution is 8.00. The molecule has 3 nitrogen and oxygen atoms in total. The molecule has 3 aromatic rings. The molecule has 0 unspecified atom stereocenters. The zero-order chi connectivity index (χ0) is 14.1. The summed E-state index contributed by atoms with van der Waals surface area (Å²) in [5.74, 6) is 1.07. The number of aromatic hydroxyl groups is 1. The van der Waals surface area contributed by atoms with Gasteiger partial charge in [-0.15, -0.1) is 11.3 Å². The fourth-order valence-electron chi connectivity index (χ4n) is 2.02. The summed E-state index contributed by atoms with van der Waals surface area (Å²) in [6.45, 7) is 3.93. The van der Waals surface area contributed by atoms with Gasteiger partial charge in [0, 0.05) is 27.9 Å². The highest BCUT2D eigenvalue weighted by atomic mass is 32.2. The highest BCUT2D eigenvalue weighted by Gasteiger charge is 2.08. The van der Waals surface area contributed by atoms with Gasteiger partial charge in [-0.05, 0) is 31.5 Å². The first-order chi connectivity index (χ1) is 9.63. The standard InChI is InChI=1S/C15H14N2OS2/c1-9-3-5-12-11(4-6-13(18)14(12)16-9)8-20-15-17-10(2)7-19-15/h3-7,18H,8H2,1-2H3. The number of hydrogen-bond acceptors (Lipinski definition) is 5. The highest BCUT2D eigenvalue weighted by Crippen LogP contribution is 2.32. The minimum absolute atomic E-state index is 0.238. The number of thioether (sulfide) groups is 1. The summed E-state index contributed by atoms with van der Waals surface area (Å²) in [5.41, 5.74) is 3.82. The molecule has 0 atom stereocenters. The number of aromatic nitrogens is 2. The molecular weight excluding hydrogens is 288 g/mol. The molecular formula is C15H14N2OS2. The van der Waals surface area contributed by atoms with Crippen molar-refractivity contribution < 1.29 is 5.11 Å². The van der Waals surface area contributed by atoms with Crippen molar-refractivity contribution in [3.05, 3.63) is 46.6 Å². The van der Waals surface area contributed by atoms with Gasteiger partial charge in [-0.25, -0.2) is 9.97 Å². The van der Waals surface area contributed by atoms with Crippen LogP contribution in [0.2, 0.25) is 0 Å². The van der Waals surface area contributed by atoms with Crippen LogP contribution in [0.4, 0.5) is 0 Å². The van der Waals surface area contributed by atoms with E-state index in [2.05, 4.69) is 15.3 Å². The van der Waals surface area contributed by atoms with Crippen molar-refractivity contribution in [1.29, 1.82) is 0 Å². The molecule has 102 valence electrons. The van der Waals surface area contributed by atoms with Crippen LogP contribution in [0.3, 0.4) is 0 Å². The summed E-state index contributed by atoms with van der Waals surface area (Å²) in [6, 6.07) is 7.68. The molecule has 0 aliphatic carbocycles. The Labute approximate surface area is 125 Å². The van der Waals surface area contributed by atoms with Crippen LogP contribution in [-0.4, -0.2) is 15.1 Å². The van der Waals surface area contributed by atoms with Crippen molar-refractivity contribution in [3.8, 4) is 5.75 Å². The Kier molecular flexibility index (Phi) is 3.63. The molecule has 3 rings (SSSR count). The lowest BCUT2D eigenvalue weighted by Crippen LogP contribution is -1.89. The molecule has 0 aliphatic rings. The Morgan fingerprint density at radius 3 is 2.70 bits per heavy atom. The van der Waals surface area contributed by atoms with E-state index in [1.165, 1.54) is 5.56 Å². The minimum Gasteiger partial charge on any atom is -0.506 e. The number of phenolic OH excluding ortho intramolecular Hbond substituents is 1. The number of pyridine rings is 1. The van der Waals surface area contributed by atoms with E-state index in [0.29, 0.717) is 5.52 Å². The topological polar surface area (TPSA) is 46.0 Å². The van der Waals surface area contributed by atoms with E-state index in [4.69, 9.17) is 0 Å². The minimum atomic E-state index is 0.238. The smallest absolute Gasteiger partial charge is 0.150 e. The molecule has 0 aliphatic heterocycles. The van der Waals surface area contributed by atoms with E-state index in [-0.39, 0.29) is 5.75 Å². The maximum atomic E-state index is 9.93. The van der Waals surface area contributed by atoms with Gasteiger partial charge in [0.25, 0.3) is 0 Å². The molecule has 0 spiro atoms. The van der Waals surface area contributed by atoms with Crippen molar-refractivity contribution in [2.45, 2.75) is 23.9 Å². The van der Waals surface area contributed by atoms with E-state index < -0.39 is 0 Å². The number of benzene rings is 1. The number of fused-ring (bicyclic) bond motifs is 1. The van der Waals surface area contributed by atoms with Crippen LogP contribution in [-0.2, 0) is 5.75 Å². The van der Waals surface area contributed by atoms with Gasteiger partial charge in [-0.2, -0.15) is 0 Å². The van der Waals surface area contributed by atoms with Crippen molar-refractivity contribution in [2.75, 3.05) is 0 Å². The average molecular weight is 302 g/mol. The number of phenols is 1. The number of rotatable bonds is 3. The van der Waals surface area contributed by atoms with Crippen LogP contribution in [0.25, 0.3) is 10.9 Å². The third-order valence-electron chi connectivity index (χ3n) is 3.01. The maximum Gasteiger partial charge on any atom is 0.150 e. The van der Waals surface area contributed by atoms with Gasteiger partial charge in [0.15, 0.2) is 0 Å². The molecule has 1 N–H and O–H groups in total. The summed E-state index contributed by atoms with van der Waals surface area (Å²) >= 11 is 3.38. The van der Waals surface area contributed by atoms with Crippen molar-refractivity contribution in [2.24, 2.45) is 0 Å². The Balaban J connectivity index is 1.93. The van der Waals surface area contributed by atoms with Crippen LogP contribution in [0, 0.1) is 13.8 Å². The number of hydrogen-bond donors (Lipinski definition) is 1. The van der Waals surface area contributed by atoms with Crippen molar-refractivity contribution in [3.63, 3.8) is 0 Å². The summed E-state index contributed by atoms with van der Waals surface area (Å²) in [5, 5.41) is 13.0. The fourth-order valence-corrected chi connectivity index (χ4v) is 3.88. The zero-order valence-electron chi connectivity index (χ0n) is 11.3. The van der Waals surface area contributed by atoms with Gasteiger partial charge in [0.2, 0.25) is 0 Å². The van der Waals surface area contributed by atoms with Gasteiger partial charge in [0.05, 0.1) is 0 Å². The zero-order valence-corrected chi connectivity index (χ0v) is 12.9. The quantitative estimate of drug-likeness (QED) is 0.732. The van der Waals surface area contributed by atoms with Crippen LogP contribution >= 0.6 is 23.1 Å². The van der Waals surface area contributed by atoms with Gasteiger partial charge < -0.3 is 5.11 Å². The monoisotopic (exact) mass is 302 g/mol. The number of aryl methyl sites for hydroxylation is 2. The first-order valence-corrected chi connectivity index (χ1v) is 8.13. The molecule has 0 saturated heterocycles. The van der Waals surface area contributed by atoms with Gasteiger partial charge in [-0.1, -0.05) is 23.9 Å². The molecule has 5 heteroatoms. The first-order valence-electron chi connectivity index (χ1n) is 6.26. The first kappa shape index (κ1) is 13.4. The van der Waals surface area contributed by atoms with Gasteiger partial charge >= 0.3 is 0 Å². The average Bonchev–Trinajstić information content (AvgIpc) is 2.84. The number of thiazole rings is 1. The molecule has 2 heterocycles. The normalized spacial score (nSPS) is 11.1. The van der Waals surface area contributed by atoms with E-state index in [9.17, 15) is 5.11 Å². The van der Waals surface area contributed by atoms with E-state index in [0.717, 1.165) is 26.9 Å². The predicted octanol–water partition coefficient (Wildman–Crippen LogP) is 4.31. The molecule has 2 aromatic heterocycles. The third kappa shape index (κ3) is 2.64. The van der Waals surface area contributed by atoms with Crippen LogP contribution in [0.5, 0.6) is 5.75 Å². The lowest BCUT2D eigenvalue weighted by molar-refractivity contribution is 0.480. The second kappa shape index (κ2) is 5.42. The lowest BCUT2D eigenvalue weighted by atomic mass is 10.1. The molecule has 1 aromatic carbocycles. The van der Waals surface area contributed by atoms with Gasteiger partial charge in [-0.3, -0.25) is 0 Å². The second-order valence-electron chi connectivity index (χ2n) is 4.64. The molecule has 20 heavy (non-hydrogen) atoms. The lowest BCUT2D eigenvalue weighted by Gasteiger charge is -2.07. The number of nitrogens with zero attached hydrogens (tertiary/aromatic N) is 2. The van der Waals surface area contributed by atoms with Crippen LogP contribution < -0.4 is 0 Å². The Morgan fingerprint density at radius 2 is 1.95 bits per heavy atom. The summed E-state index contributed by atoms with van der Waals surface area (Å²) in [7, 11) is 0. The predicted molar refractivity (Wildman–Crippen MR) is 84.6 cm³/mol. The van der Waals surface area contributed by atoms with E-state index in [1.54, 1.807) is 29.2 Å².